The number of carbonyl (C=O) groups excluding carboxylic acids is 1. The minimum Gasteiger partial charge on any atom is -0.497 e. The molecule has 0 unspecified atom stereocenters. The largest absolute Gasteiger partial charge is 0.497 e. The summed E-state index contributed by atoms with van der Waals surface area (Å²) in [6.07, 6.45) is 9.33. The fourth-order valence-electron chi connectivity index (χ4n) is 3.48. The molecular formula is C21H29N3O3S. The van der Waals surface area contributed by atoms with Gasteiger partial charge in [-0.3, -0.25) is 4.79 Å². The fourth-order valence-corrected chi connectivity index (χ4v) is 4.41. The van der Waals surface area contributed by atoms with Crippen LogP contribution in [0.4, 0.5) is 5.13 Å². The quantitative estimate of drug-likeness (QED) is 0.640. The van der Waals surface area contributed by atoms with Crippen LogP contribution in [0.1, 0.15) is 60.2 Å². The molecule has 0 aliphatic heterocycles. The molecule has 1 aliphatic rings. The van der Waals surface area contributed by atoms with Gasteiger partial charge in [0.1, 0.15) is 5.75 Å². The maximum Gasteiger partial charge on any atom is 0.251 e. The number of aromatic hydroxyl groups is 1. The normalized spacial score (nSPS) is 15.5. The van der Waals surface area contributed by atoms with E-state index < -0.39 is 0 Å². The van der Waals surface area contributed by atoms with Crippen LogP contribution in [0.2, 0.25) is 0 Å². The number of carbonyl (C=O) groups is 1. The number of hydrogen-bond donors (Lipinski definition) is 3. The summed E-state index contributed by atoms with van der Waals surface area (Å²) in [5, 5.41) is 17.3. The first-order valence-electron chi connectivity index (χ1n) is 10.0. The smallest absolute Gasteiger partial charge is 0.251 e. The van der Waals surface area contributed by atoms with Gasteiger partial charge in [-0.2, -0.15) is 4.98 Å². The van der Waals surface area contributed by atoms with E-state index in [1.807, 2.05) is 0 Å². The van der Waals surface area contributed by atoms with Crippen molar-refractivity contribution in [2.24, 2.45) is 0 Å². The second-order valence-corrected chi connectivity index (χ2v) is 8.27. The topological polar surface area (TPSA) is 83.5 Å². The zero-order chi connectivity index (χ0) is 19.8. The molecule has 3 N–H and O–H groups in total. The van der Waals surface area contributed by atoms with Crippen molar-refractivity contribution < 1.29 is 14.6 Å². The number of amides is 1. The van der Waals surface area contributed by atoms with Crippen molar-refractivity contribution in [2.75, 3.05) is 19.0 Å². The monoisotopic (exact) mass is 403 g/mol. The van der Waals surface area contributed by atoms with Gasteiger partial charge in [-0.15, -0.1) is 0 Å². The SMILES string of the molecule is COc1ccc(C(=O)NCCc2sc(NC3CCCCCCC3)nc2O)cc1. The number of methoxy groups -OCH3 is 1. The van der Waals surface area contributed by atoms with Gasteiger partial charge in [0.05, 0.1) is 12.0 Å². The summed E-state index contributed by atoms with van der Waals surface area (Å²) in [6, 6.07) is 7.42. The minimum absolute atomic E-state index is 0.0667. The third kappa shape index (κ3) is 5.86. The molecule has 1 aliphatic carbocycles. The Morgan fingerprint density at radius 1 is 1.18 bits per heavy atom. The zero-order valence-corrected chi connectivity index (χ0v) is 17.2. The van der Waals surface area contributed by atoms with E-state index in [0.717, 1.165) is 28.6 Å². The Morgan fingerprint density at radius 3 is 2.54 bits per heavy atom. The van der Waals surface area contributed by atoms with Crippen LogP contribution in [0.25, 0.3) is 0 Å². The average Bonchev–Trinajstić information content (AvgIpc) is 3.03. The maximum atomic E-state index is 12.2. The third-order valence-corrected chi connectivity index (χ3v) is 6.13. The number of hydrogen-bond acceptors (Lipinski definition) is 6. The molecule has 0 atom stereocenters. The molecule has 0 radical (unpaired) electrons. The van der Waals surface area contributed by atoms with Gasteiger partial charge in [0, 0.05) is 24.6 Å². The Balaban J connectivity index is 1.48. The highest BCUT2D eigenvalue weighted by molar-refractivity contribution is 7.15. The molecule has 1 saturated carbocycles. The van der Waals surface area contributed by atoms with E-state index in [4.69, 9.17) is 4.74 Å². The molecule has 0 saturated heterocycles. The first kappa shape index (κ1) is 20.5. The molecule has 0 bridgehead atoms. The van der Waals surface area contributed by atoms with E-state index in [1.54, 1.807) is 31.4 Å². The highest BCUT2D eigenvalue weighted by atomic mass is 32.1. The summed E-state index contributed by atoms with van der Waals surface area (Å²) in [5.74, 6) is 0.645. The number of rotatable bonds is 7. The number of benzene rings is 1. The average molecular weight is 404 g/mol. The molecule has 1 amide bonds. The highest BCUT2D eigenvalue weighted by Crippen LogP contribution is 2.30. The number of nitrogens with zero attached hydrogens (tertiary/aromatic N) is 1. The maximum absolute atomic E-state index is 12.2. The van der Waals surface area contributed by atoms with Crippen LogP contribution in [0, 0.1) is 0 Å². The molecule has 1 fully saturated rings. The highest BCUT2D eigenvalue weighted by Gasteiger charge is 2.16. The van der Waals surface area contributed by atoms with E-state index in [1.165, 1.54) is 43.4 Å². The molecule has 2 aromatic rings. The van der Waals surface area contributed by atoms with E-state index in [0.29, 0.717) is 24.6 Å². The Bertz CT molecular complexity index is 753. The van der Waals surface area contributed by atoms with Crippen LogP contribution in [-0.2, 0) is 6.42 Å². The lowest BCUT2D eigenvalue weighted by Gasteiger charge is -2.20. The Hall–Kier alpha value is -2.28. The third-order valence-electron chi connectivity index (χ3n) is 5.10. The minimum atomic E-state index is -0.139. The summed E-state index contributed by atoms with van der Waals surface area (Å²) >= 11 is 1.48. The predicted molar refractivity (Wildman–Crippen MR) is 113 cm³/mol. The molecule has 6 nitrogen and oxygen atoms in total. The van der Waals surface area contributed by atoms with Crippen LogP contribution >= 0.6 is 11.3 Å². The molecule has 152 valence electrons. The van der Waals surface area contributed by atoms with Gasteiger partial charge in [0.2, 0.25) is 5.88 Å². The number of nitrogens with one attached hydrogen (secondary N) is 2. The van der Waals surface area contributed by atoms with Crippen molar-refractivity contribution in [1.82, 2.24) is 10.3 Å². The zero-order valence-electron chi connectivity index (χ0n) is 16.4. The molecule has 1 aromatic heterocycles. The first-order chi connectivity index (χ1) is 13.7. The molecule has 7 heteroatoms. The molecular weight excluding hydrogens is 374 g/mol. The Kier molecular flexibility index (Phi) is 7.54. The summed E-state index contributed by atoms with van der Waals surface area (Å²) in [6.45, 7) is 0.448. The van der Waals surface area contributed by atoms with Gasteiger partial charge in [-0.1, -0.05) is 43.4 Å². The van der Waals surface area contributed by atoms with Crippen LogP contribution in [0.5, 0.6) is 11.6 Å². The van der Waals surface area contributed by atoms with Gasteiger partial charge in [0.15, 0.2) is 5.13 Å². The van der Waals surface area contributed by atoms with Crippen molar-refractivity contribution in [1.29, 1.82) is 0 Å². The van der Waals surface area contributed by atoms with Gasteiger partial charge >= 0.3 is 0 Å². The summed E-state index contributed by atoms with van der Waals surface area (Å²) in [7, 11) is 1.59. The summed E-state index contributed by atoms with van der Waals surface area (Å²) < 4.78 is 5.10. The van der Waals surface area contributed by atoms with Gasteiger partial charge in [-0.25, -0.2) is 0 Å². The van der Waals surface area contributed by atoms with E-state index in [2.05, 4.69) is 15.6 Å². The van der Waals surface area contributed by atoms with Gasteiger partial charge < -0.3 is 20.5 Å². The van der Waals surface area contributed by atoms with Crippen molar-refractivity contribution in [3.8, 4) is 11.6 Å². The lowest BCUT2D eigenvalue weighted by molar-refractivity contribution is 0.0954. The number of anilines is 1. The number of thiazole rings is 1. The van der Waals surface area contributed by atoms with Crippen molar-refractivity contribution >= 4 is 22.4 Å². The summed E-state index contributed by atoms with van der Waals surface area (Å²) in [5.41, 5.74) is 0.584. The Morgan fingerprint density at radius 2 is 1.86 bits per heavy atom. The molecule has 3 rings (SSSR count). The van der Waals surface area contributed by atoms with Crippen molar-refractivity contribution in [2.45, 2.75) is 57.4 Å². The lowest BCUT2D eigenvalue weighted by atomic mass is 9.97. The second kappa shape index (κ2) is 10.3. The first-order valence-corrected chi connectivity index (χ1v) is 10.8. The van der Waals surface area contributed by atoms with Gasteiger partial charge in [-0.05, 0) is 37.1 Å². The summed E-state index contributed by atoms with van der Waals surface area (Å²) in [4.78, 5) is 17.3. The second-order valence-electron chi connectivity index (χ2n) is 7.19. The standard InChI is InChI=1S/C21H29N3O3S/c1-27-17-11-9-15(10-12-17)19(25)22-14-13-18-20(26)24-21(28-18)23-16-7-5-3-2-4-6-8-16/h9-12,16,26H,2-8,13-14H2,1H3,(H,22,25)(H,23,24). The molecule has 28 heavy (non-hydrogen) atoms. The Labute approximate surface area is 170 Å². The van der Waals surface area contributed by atoms with Crippen LogP contribution < -0.4 is 15.4 Å². The van der Waals surface area contributed by atoms with Crippen molar-refractivity contribution in [3.05, 3.63) is 34.7 Å². The van der Waals surface area contributed by atoms with E-state index in [-0.39, 0.29) is 11.8 Å². The van der Waals surface area contributed by atoms with E-state index >= 15 is 0 Å². The molecule has 1 aromatic carbocycles. The lowest BCUT2D eigenvalue weighted by Crippen LogP contribution is -2.25. The van der Waals surface area contributed by atoms with Crippen LogP contribution in [0.3, 0.4) is 0 Å². The number of aromatic nitrogens is 1. The fraction of sp³-hybridized carbons (Fsp3) is 0.524. The van der Waals surface area contributed by atoms with Gasteiger partial charge in [0.25, 0.3) is 5.91 Å². The van der Waals surface area contributed by atoms with Crippen LogP contribution in [0.15, 0.2) is 24.3 Å². The van der Waals surface area contributed by atoms with Crippen LogP contribution in [-0.4, -0.2) is 35.7 Å². The molecule has 1 heterocycles. The molecule has 0 spiro atoms. The van der Waals surface area contributed by atoms with Crippen molar-refractivity contribution in [3.63, 3.8) is 0 Å². The predicted octanol–water partition coefficient (Wildman–Crippen LogP) is 4.35. The number of ether oxygens (including phenoxy) is 1. The van der Waals surface area contributed by atoms with E-state index in [9.17, 15) is 9.90 Å².